The molecule has 1 aliphatic rings. The molecule has 3 rings (SSSR count). The van der Waals surface area contributed by atoms with Gasteiger partial charge in [-0.15, -0.1) is 0 Å². The number of hydrogen-bond acceptors (Lipinski definition) is 6. The van der Waals surface area contributed by atoms with Crippen LogP contribution in [0.5, 0.6) is 0 Å². The van der Waals surface area contributed by atoms with Crippen LogP contribution in [0, 0.1) is 10.1 Å². The van der Waals surface area contributed by atoms with E-state index >= 15 is 0 Å². The first-order valence-corrected chi connectivity index (χ1v) is 8.82. The number of non-ortho nitro benzene ring substituents is 1. The van der Waals surface area contributed by atoms with Crippen molar-refractivity contribution in [1.82, 2.24) is 14.9 Å². The molecule has 0 spiro atoms. The average molecular weight is 395 g/mol. The fourth-order valence-electron chi connectivity index (χ4n) is 3.40. The lowest BCUT2D eigenvalue weighted by Crippen LogP contribution is -2.46. The van der Waals surface area contributed by atoms with E-state index in [1.165, 1.54) is 6.07 Å². The van der Waals surface area contributed by atoms with Gasteiger partial charge >= 0.3 is 6.18 Å². The maximum atomic E-state index is 12.9. The van der Waals surface area contributed by atoms with Crippen LogP contribution >= 0.6 is 0 Å². The number of anilines is 1. The Morgan fingerprint density at radius 1 is 1.32 bits per heavy atom. The van der Waals surface area contributed by atoms with Gasteiger partial charge in [0.05, 0.1) is 4.92 Å². The minimum absolute atomic E-state index is 0.0107. The van der Waals surface area contributed by atoms with E-state index in [2.05, 4.69) is 14.9 Å². The molecule has 1 saturated heterocycles. The van der Waals surface area contributed by atoms with Crippen LogP contribution in [0.25, 0.3) is 0 Å². The van der Waals surface area contributed by atoms with Gasteiger partial charge in [0.2, 0.25) is 0 Å². The van der Waals surface area contributed by atoms with Crippen LogP contribution in [0.4, 0.5) is 24.7 Å². The molecule has 0 amide bonds. The molecule has 28 heavy (non-hydrogen) atoms. The van der Waals surface area contributed by atoms with Gasteiger partial charge in [0.25, 0.3) is 5.69 Å². The SMILES string of the molecule is CN(c1cc(C(F)(F)F)ncn1)C1CCCN(Cc2cccc([N+](=O)[O-])c2)C1. The minimum Gasteiger partial charge on any atom is -0.355 e. The molecule has 10 heteroatoms. The highest BCUT2D eigenvalue weighted by Gasteiger charge is 2.34. The summed E-state index contributed by atoms with van der Waals surface area (Å²) in [6, 6.07) is 7.43. The van der Waals surface area contributed by atoms with Gasteiger partial charge in [0, 0.05) is 44.4 Å². The van der Waals surface area contributed by atoms with Crippen molar-refractivity contribution in [2.75, 3.05) is 25.0 Å². The van der Waals surface area contributed by atoms with E-state index < -0.39 is 16.8 Å². The van der Waals surface area contributed by atoms with Crippen molar-refractivity contribution in [2.24, 2.45) is 0 Å². The van der Waals surface area contributed by atoms with Crippen molar-refractivity contribution in [3.63, 3.8) is 0 Å². The number of nitro groups is 1. The van der Waals surface area contributed by atoms with Gasteiger partial charge in [-0.25, -0.2) is 9.97 Å². The van der Waals surface area contributed by atoms with Crippen molar-refractivity contribution in [3.05, 3.63) is 58.0 Å². The van der Waals surface area contributed by atoms with Crippen LogP contribution in [-0.2, 0) is 12.7 Å². The van der Waals surface area contributed by atoms with E-state index in [1.807, 2.05) is 6.07 Å². The third-order valence-electron chi connectivity index (χ3n) is 4.86. The number of alkyl halides is 3. The Balaban J connectivity index is 1.69. The fourth-order valence-corrected chi connectivity index (χ4v) is 3.40. The summed E-state index contributed by atoms with van der Waals surface area (Å²) in [5.41, 5.74) is -0.0867. The van der Waals surface area contributed by atoms with E-state index in [-0.39, 0.29) is 17.5 Å². The van der Waals surface area contributed by atoms with Crippen LogP contribution in [-0.4, -0.2) is 46.0 Å². The molecule has 0 N–H and O–H groups in total. The molecule has 1 aliphatic heterocycles. The van der Waals surface area contributed by atoms with Crippen molar-refractivity contribution >= 4 is 11.5 Å². The summed E-state index contributed by atoms with van der Waals surface area (Å²) in [5.74, 6) is 0.226. The molecular weight excluding hydrogens is 375 g/mol. The molecule has 1 aromatic heterocycles. The number of likely N-dealkylation sites (N-methyl/N-ethyl adjacent to an activating group) is 1. The Bertz CT molecular complexity index is 846. The first kappa shape index (κ1) is 20.0. The van der Waals surface area contributed by atoms with Crippen molar-refractivity contribution in [3.8, 4) is 0 Å². The van der Waals surface area contributed by atoms with Gasteiger partial charge in [-0.1, -0.05) is 12.1 Å². The minimum atomic E-state index is -4.51. The smallest absolute Gasteiger partial charge is 0.355 e. The van der Waals surface area contributed by atoms with Crippen LogP contribution in [0.3, 0.4) is 0 Å². The number of hydrogen-bond donors (Lipinski definition) is 0. The molecule has 2 aromatic rings. The fraction of sp³-hybridized carbons (Fsp3) is 0.444. The van der Waals surface area contributed by atoms with E-state index in [4.69, 9.17) is 0 Å². The topological polar surface area (TPSA) is 75.4 Å². The highest BCUT2D eigenvalue weighted by molar-refractivity contribution is 5.40. The van der Waals surface area contributed by atoms with Crippen molar-refractivity contribution in [2.45, 2.75) is 31.6 Å². The van der Waals surface area contributed by atoms with E-state index in [0.717, 1.165) is 37.3 Å². The molecule has 150 valence electrons. The second kappa shape index (κ2) is 8.09. The molecule has 7 nitrogen and oxygen atoms in total. The number of nitro benzene ring substituents is 1. The normalized spacial score (nSPS) is 18.1. The molecular formula is C18H20F3N5O2. The van der Waals surface area contributed by atoms with Gasteiger partial charge in [-0.2, -0.15) is 13.2 Å². The Kier molecular flexibility index (Phi) is 5.78. The van der Waals surface area contributed by atoms with Gasteiger partial charge < -0.3 is 4.90 Å². The number of benzene rings is 1. The second-order valence-electron chi connectivity index (χ2n) is 6.83. The van der Waals surface area contributed by atoms with Crippen LogP contribution in [0.2, 0.25) is 0 Å². The molecule has 2 heterocycles. The predicted octanol–water partition coefficient (Wildman–Crippen LogP) is 3.50. The maximum absolute atomic E-state index is 12.9. The molecule has 1 unspecified atom stereocenters. The van der Waals surface area contributed by atoms with E-state index in [1.54, 1.807) is 24.1 Å². The van der Waals surface area contributed by atoms with Gasteiger partial charge in [0.15, 0.2) is 0 Å². The number of nitrogens with zero attached hydrogens (tertiary/aromatic N) is 5. The number of piperidine rings is 1. The average Bonchev–Trinajstić information content (AvgIpc) is 2.67. The first-order chi connectivity index (χ1) is 13.2. The monoisotopic (exact) mass is 395 g/mol. The highest BCUT2D eigenvalue weighted by Crippen LogP contribution is 2.30. The third-order valence-corrected chi connectivity index (χ3v) is 4.86. The van der Waals surface area contributed by atoms with Crippen LogP contribution < -0.4 is 4.90 Å². The number of rotatable bonds is 5. The summed E-state index contributed by atoms with van der Waals surface area (Å²) in [6.07, 6.45) is -1.88. The Morgan fingerprint density at radius 3 is 2.82 bits per heavy atom. The zero-order valence-electron chi connectivity index (χ0n) is 15.3. The lowest BCUT2D eigenvalue weighted by Gasteiger charge is -2.38. The molecule has 1 aromatic carbocycles. The highest BCUT2D eigenvalue weighted by atomic mass is 19.4. The van der Waals surface area contributed by atoms with Crippen molar-refractivity contribution in [1.29, 1.82) is 0 Å². The molecule has 1 atom stereocenters. The summed E-state index contributed by atoms with van der Waals surface area (Å²) in [5, 5.41) is 10.9. The number of halogens is 3. The summed E-state index contributed by atoms with van der Waals surface area (Å²) >= 11 is 0. The standard InChI is InChI=1S/C18H20F3N5O2/c1-24(17-9-16(18(19,20)21)22-12-23-17)15-6-3-7-25(11-15)10-13-4-2-5-14(8-13)26(27)28/h2,4-5,8-9,12,15H,3,6-7,10-11H2,1H3. The lowest BCUT2D eigenvalue weighted by atomic mass is 10.0. The Labute approximate surface area is 160 Å². The first-order valence-electron chi connectivity index (χ1n) is 8.82. The lowest BCUT2D eigenvalue weighted by molar-refractivity contribution is -0.384. The van der Waals surface area contributed by atoms with Crippen LogP contribution in [0.1, 0.15) is 24.1 Å². The Morgan fingerprint density at radius 2 is 2.11 bits per heavy atom. The maximum Gasteiger partial charge on any atom is 0.433 e. The molecule has 0 aliphatic carbocycles. The molecule has 0 saturated carbocycles. The summed E-state index contributed by atoms with van der Waals surface area (Å²) in [4.78, 5) is 21.7. The van der Waals surface area contributed by atoms with Gasteiger partial charge in [0.1, 0.15) is 17.8 Å². The van der Waals surface area contributed by atoms with E-state index in [9.17, 15) is 23.3 Å². The van der Waals surface area contributed by atoms with Crippen molar-refractivity contribution < 1.29 is 18.1 Å². The molecule has 1 fully saturated rings. The summed E-state index contributed by atoms with van der Waals surface area (Å²) < 4.78 is 38.7. The zero-order valence-corrected chi connectivity index (χ0v) is 15.3. The predicted molar refractivity (Wildman–Crippen MR) is 96.8 cm³/mol. The van der Waals surface area contributed by atoms with Gasteiger partial charge in [-0.05, 0) is 24.9 Å². The molecule has 0 bridgehead atoms. The van der Waals surface area contributed by atoms with E-state index in [0.29, 0.717) is 13.1 Å². The number of aromatic nitrogens is 2. The summed E-state index contributed by atoms with van der Waals surface area (Å²) in [7, 11) is 1.73. The van der Waals surface area contributed by atoms with Gasteiger partial charge in [-0.3, -0.25) is 15.0 Å². The Hall–Kier alpha value is -2.75. The zero-order chi connectivity index (χ0) is 20.3. The largest absolute Gasteiger partial charge is 0.433 e. The molecule has 0 radical (unpaired) electrons. The summed E-state index contributed by atoms with van der Waals surface area (Å²) in [6.45, 7) is 2.00. The second-order valence-corrected chi connectivity index (χ2v) is 6.83. The quantitative estimate of drug-likeness (QED) is 0.570. The number of likely N-dealkylation sites (tertiary alicyclic amines) is 1. The van der Waals surface area contributed by atoms with Crippen LogP contribution in [0.15, 0.2) is 36.7 Å². The third kappa shape index (κ3) is 4.75.